The molecule has 6 heteroatoms. The van der Waals surface area contributed by atoms with Gasteiger partial charge in [-0.05, 0) is 49.1 Å². The van der Waals surface area contributed by atoms with Gasteiger partial charge < -0.3 is 10.2 Å². The van der Waals surface area contributed by atoms with Crippen molar-refractivity contribution >= 4 is 41.3 Å². The molecule has 3 rings (SSSR count). The molecular formula is C18H31IN4S. The van der Waals surface area contributed by atoms with E-state index in [2.05, 4.69) is 40.4 Å². The van der Waals surface area contributed by atoms with Gasteiger partial charge in [0.05, 0.1) is 6.54 Å². The molecule has 2 aliphatic rings. The van der Waals surface area contributed by atoms with Gasteiger partial charge in [-0.1, -0.05) is 6.92 Å². The number of thiophene rings is 1. The Kier molecular flexibility index (Phi) is 8.30. The Balaban J connectivity index is 0.00000208. The standard InChI is InChI=1S/C18H30N4S.HI/c1-3-19-18(22-10-4-15(2)5-11-22)20-8-12-21-9-6-17-16(14-21)7-13-23-17;/h7,13,15H,3-6,8-12,14H2,1-2H3,(H,19,20);1H. The molecular weight excluding hydrogens is 431 g/mol. The SMILES string of the molecule is CCNC(=NCCN1CCc2sccc2C1)N1CCC(C)CC1.I. The van der Waals surface area contributed by atoms with Crippen molar-refractivity contribution in [3.05, 3.63) is 21.9 Å². The van der Waals surface area contributed by atoms with Gasteiger partial charge in [0.15, 0.2) is 5.96 Å². The maximum Gasteiger partial charge on any atom is 0.193 e. The molecule has 4 nitrogen and oxygen atoms in total. The third-order valence-electron chi connectivity index (χ3n) is 4.98. The summed E-state index contributed by atoms with van der Waals surface area (Å²) in [5.74, 6) is 1.98. The predicted molar refractivity (Wildman–Crippen MR) is 115 cm³/mol. The van der Waals surface area contributed by atoms with Crippen LogP contribution in [-0.2, 0) is 13.0 Å². The van der Waals surface area contributed by atoms with E-state index in [-0.39, 0.29) is 24.0 Å². The first-order chi connectivity index (χ1) is 11.3. The topological polar surface area (TPSA) is 30.9 Å². The van der Waals surface area contributed by atoms with Gasteiger partial charge in [-0.2, -0.15) is 0 Å². The minimum absolute atomic E-state index is 0. The number of hydrogen-bond donors (Lipinski definition) is 1. The minimum Gasteiger partial charge on any atom is -0.357 e. The summed E-state index contributed by atoms with van der Waals surface area (Å²) >= 11 is 1.91. The fourth-order valence-electron chi connectivity index (χ4n) is 3.44. The highest BCUT2D eigenvalue weighted by molar-refractivity contribution is 14.0. The van der Waals surface area contributed by atoms with Crippen LogP contribution in [0.3, 0.4) is 0 Å². The predicted octanol–water partition coefficient (Wildman–Crippen LogP) is 3.42. The summed E-state index contributed by atoms with van der Waals surface area (Å²) in [6, 6.07) is 2.29. The zero-order valence-corrected chi connectivity index (χ0v) is 18.1. The highest BCUT2D eigenvalue weighted by atomic mass is 127. The van der Waals surface area contributed by atoms with E-state index in [1.165, 1.54) is 31.4 Å². The molecule has 1 saturated heterocycles. The Bertz CT molecular complexity index is 523. The average Bonchev–Trinajstić information content (AvgIpc) is 3.02. The minimum atomic E-state index is 0. The van der Waals surface area contributed by atoms with Crippen LogP contribution in [0.2, 0.25) is 0 Å². The number of nitrogens with zero attached hydrogens (tertiary/aromatic N) is 3. The first-order valence-electron chi connectivity index (χ1n) is 9.07. The molecule has 0 atom stereocenters. The van der Waals surface area contributed by atoms with Gasteiger partial charge in [0.2, 0.25) is 0 Å². The highest BCUT2D eigenvalue weighted by Crippen LogP contribution is 2.23. The van der Waals surface area contributed by atoms with Crippen LogP contribution in [0.4, 0.5) is 0 Å². The Morgan fingerprint density at radius 2 is 2.12 bits per heavy atom. The molecule has 136 valence electrons. The van der Waals surface area contributed by atoms with Crippen LogP contribution in [0.25, 0.3) is 0 Å². The van der Waals surface area contributed by atoms with Crippen LogP contribution in [0, 0.1) is 5.92 Å². The molecule has 2 aliphatic heterocycles. The molecule has 1 aromatic heterocycles. The lowest BCUT2D eigenvalue weighted by molar-refractivity contribution is 0.259. The van der Waals surface area contributed by atoms with Crippen molar-refractivity contribution in [2.45, 2.75) is 39.7 Å². The molecule has 0 saturated carbocycles. The van der Waals surface area contributed by atoms with Crippen molar-refractivity contribution in [3.63, 3.8) is 0 Å². The summed E-state index contributed by atoms with van der Waals surface area (Å²) in [7, 11) is 0. The summed E-state index contributed by atoms with van der Waals surface area (Å²) < 4.78 is 0. The quantitative estimate of drug-likeness (QED) is 0.423. The smallest absolute Gasteiger partial charge is 0.193 e. The van der Waals surface area contributed by atoms with E-state index in [0.29, 0.717) is 0 Å². The molecule has 0 spiro atoms. The zero-order chi connectivity index (χ0) is 16.1. The number of hydrogen-bond acceptors (Lipinski definition) is 3. The van der Waals surface area contributed by atoms with E-state index in [4.69, 9.17) is 4.99 Å². The van der Waals surface area contributed by atoms with Crippen LogP contribution in [0.5, 0.6) is 0 Å². The molecule has 1 N–H and O–H groups in total. The summed E-state index contributed by atoms with van der Waals surface area (Å²) in [4.78, 5) is 11.5. The third-order valence-corrected chi connectivity index (χ3v) is 6.01. The van der Waals surface area contributed by atoms with Crippen molar-refractivity contribution in [1.29, 1.82) is 0 Å². The normalized spacial score (nSPS) is 19.8. The Labute approximate surface area is 167 Å². The Hall–Kier alpha value is -0.340. The van der Waals surface area contributed by atoms with E-state index in [1.807, 2.05) is 11.3 Å². The molecule has 0 bridgehead atoms. The molecule has 1 aromatic rings. The second kappa shape index (κ2) is 9.97. The van der Waals surface area contributed by atoms with Gasteiger partial charge in [0.25, 0.3) is 0 Å². The van der Waals surface area contributed by atoms with Crippen LogP contribution in [-0.4, -0.2) is 55.0 Å². The Morgan fingerprint density at radius 1 is 1.33 bits per heavy atom. The van der Waals surface area contributed by atoms with Crippen molar-refractivity contribution in [2.24, 2.45) is 10.9 Å². The number of halogens is 1. The summed E-state index contributed by atoms with van der Waals surface area (Å²) in [5, 5.41) is 5.70. The van der Waals surface area contributed by atoms with Crippen molar-refractivity contribution in [1.82, 2.24) is 15.1 Å². The van der Waals surface area contributed by atoms with Gasteiger partial charge in [-0.3, -0.25) is 9.89 Å². The van der Waals surface area contributed by atoms with Gasteiger partial charge >= 0.3 is 0 Å². The number of guanidine groups is 1. The van der Waals surface area contributed by atoms with Gasteiger partial charge in [-0.15, -0.1) is 35.3 Å². The first kappa shape index (κ1) is 20.0. The van der Waals surface area contributed by atoms with Crippen molar-refractivity contribution < 1.29 is 0 Å². The lowest BCUT2D eigenvalue weighted by Gasteiger charge is -2.33. The van der Waals surface area contributed by atoms with Gasteiger partial charge in [0, 0.05) is 44.1 Å². The van der Waals surface area contributed by atoms with Crippen molar-refractivity contribution in [3.8, 4) is 0 Å². The highest BCUT2D eigenvalue weighted by Gasteiger charge is 2.19. The molecule has 0 unspecified atom stereocenters. The lowest BCUT2D eigenvalue weighted by atomic mass is 10.00. The average molecular weight is 462 g/mol. The number of piperidine rings is 1. The zero-order valence-electron chi connectivity index (χ0n) is 15.0. The summed E-state index contributed by atoms with van der Waals surface area (Å²) in [6.07, 6.45) is 3.79. The number of nitrogens with one attached hydrogen (secondary N) is 1. The maximum atomic E-state index is 4.89. The van der Waals surface area contributed by atoms with Crippen LogP contribution in [0.15, 0.2) is 16.4 Å². The summed E-state index contributed by atoms with van der Waals surface area (Å²) in [6.45, 7) is 12.0. The third kappa shape index (κ3) is 5.33. The maximum absolute atomic E-state index is 4.89. The van der Waals surface area contributed by atoms with E-state index < -0.39 is 0 Å². The molecule has 1 fully saturated rings. The van der Waals surface area contributed by atoms with E-state index >= 15 is 0 Å². The van der Waals surface area contributed by atoms with Crippen LogP contribution < -0.4 is 5.32 Å². The van der Waals surface area contributed by atoms with Crippen LogP contribution >= 0.6 is 35.3 Å². The number of likely N-dealkylation sites (tertiary alicyclic amines) is 1. The fraction of sp³-hybridized carbons (Fsp3) is 0.722. The lowest BCUT2D eigenvalue weighted by Crippen LogP contribution is -2.45. The number of fused-ring (bicyclic) bond motifs is 1. The molecule has 3 heterocycles. The van der Waals surface area contributed by atoms with Crippen molar-refractivity contribution in [2.75, 3.05) is 39.3 Å². The Morgan fingerprint density at radius 3 is 2.88 bits per heavy atom. The molecule has 0 radical (unpaired) electrons. The van der Waals surface area contributed by atoms with E-state index in [1.54, 1.807) is 4.88 Å². The van der Waals surface area contributed by atoms with Gasteiger partial charge in [-0.25, -0.2) is 0 Å². The number of aliphatic imine (C=N–C) groups is 1. The monoisotopic (exact) mass is 462 g/mol. The second-order valence-corrected chi connectivity index (χ2v) is 7.80. The molecule has 0 aliphatic carbocycles. The van der Waals surface area contributed by atoms with Gasteiger partial charge in [0.1, 0.15) is 0 Å². The summed E-state index contributed by atoms with van der Waals surface area (Å²) in [5.41, 5.74) is 1.53. The number of rotatable bonds is 4. The second-order valence-electron chi connectivity index (χ2n) is 6.80. The first-order valence-corrected chi connectivity index (χ1v) is 9.95. The van der Waals surface area contributed by atoms with E-state index in [0.717, 1.165) is 51.1 Å². The van der Waals surface area contributed by atoms with Crippen LogP contribution in [0.1, 0.15) is 37.1 Å². The largest absolute Gasteiger partial charge is 0.357 e. The van der Waals surface area contributed by atoms with E-state index in [9.17, 15) is 0 Å². The molecule has 0 amide bonds. The molecule has 24 heavy (non-hydrogen) atoms. The molecule has 0 aromatic carbocycles. The fourth-order valence-corrected chi connectivity index (χ4v) is 4.33.